The van der Waals surface area contributed by atoms with E-state index in [1.54, 1.807) is 19.3 Å². The number of carbonyl (C=O) groups is 3. The average molecular weight is 495 g/mol. The van der Waals surface area contributed by atoms with Crippen molar-refractivity contribution in [2.24, 2.45) is 5.92 Å². The van der Waals surface area contributed by atoms with E-state index in [0.717, 1.165) is 5.56 Å². The number of aliphatic hydroxyl groups excluding tert-OH is 1. The molecule has 1 aromatic heterocycles. The number of fused-ring (bicyclic) bond motifs is 1. The Balaban J connectivity index is 1.91. The van der Waals surface area contributed by atoms with Crippen LogP contribution in [0.15, 0.2) is 40.5 Å². The lowest BCUT2D eigenvalue weighted by Crippen LogP contribution is -2.83. The molecule has 33 heavy (non-hydrogen) atoms. The third-order valence-corrected chi connectivity index (χ3v) is 7.68. The number of ether oxygens (including phenoxy) is 2. The van der Waals surface area contributed by atoms with E-state index in [2.05, 4.69) is 11.9 Å². The first-order valence-electron chi connectivity index (χ1n) is 10.6. The van der Waals surface area contributed by atoms with Gasteiger partial charge in [-0.25, -0.2) is 4.79 Å². The van der Waals surface area contributed by atoms with Crippen LogP contribution in [0, 0.1) is 5.92 Å². The molecule has 4 atom stereocenters. The number of amides is 2. The topological polar surface area (TPSA) is 105 Å². The number of β-lactam (4-membered cyclic amide) rings is 1. The molecule has 2 aliphatic heterocycles. The highest BCUT2D eigenvalue weighted by Gasteiger charge is 2.68. The van der Waals surface area contributed by atoms with Gasteiger partial charge in [0.1, 0.15) is 11.0 Å². The SMILES string of the molecule is C=CC(C)(C)OC(=O)C1C(C(O)C(C)C)=CS[C@@H]2N1C(=O)C2(NC(=O)Cc1ccsc1)OC. The van der Waals surface area contributed by atoms with Gasteiger partial charge in [0.2, 0.25) is 5.91 Å². The number of methoxy groups -OCH3 is 1. The Morgan fingerprint density at radius 3 is 2.67 bits per heavy atom. The number of hydrogen-bond acceptors (Lipinski definition) is 8. The molecule has 0 aromatic carbocycles. The van der Waals surface area contributed by atoms with E-state index in [1.807, 2.05) is 30.7 Å². The molecule has 3 rings (SSSR count). The maximum atomic E-state index is 13.4. The molecule has 0 spiro atoms. The van der Waals surface area contributed by atoms with E-state index < -0.39 is 40.7 Å². The molecule has 2 amide bonds. The molecule has 3 unspecified atom stereocenters. The second-order valence-electron chi connectivity index (χ2n) is 8.94. The summed E-state index contributed by atoms with van der Waals surface area (Å²) in [6, 6.07) is 0.696. The summed E-state index contributed by atoms with van der Waals surface area (Å²) in [4.78, 5) is 40.6. The van der Waals surface area contributed by atoms with Crippen molar-refractivity contribution in [1.29, 1.82) is 0 Å². The Bertz CT molecular complexity index is 958. The van der Waals surface area contributed by atoms with Gasteiger partial charge >= 0.3 is 5.97 Å². The number of nitrogens with one attached hydrogen (secondary N) is 1. The molecule has 8 nitrogen and oxygen atoms in total. The van der Waals surface area contributed by atoms with Crippen molar-refractivity contribution in [3.05, 3.63) is 46.0 Å². The summed E-state index contributed by atoms with van der Waals surface area (Å²) < 4.78 is 11.1. The third kappa shape index (κ3) is 4.75. The van der Waals surface area contributed by atoms with E-state index in [-0.39, 0.29) is 18.2 Å². The fraction of sp³-hybridized carbons (Fsp3) is 0.522. The lowest BCUT2D eigenvalue weighted by molar-refractivity contribution is -0.204. The van der Waals surface area contributed by atoms with Gasteiger partial charge in [0.15, 0.2) is 6.04 Å². The fourth-order valence-electron chi connectivity index (χ4n) is 3.72. The van der Waals surface area contributed by atoms with Crippen LogP contribution in [0.25, 0.3) is 0 Å². The van der Waals surface area contributed by atoms with Gasteiger partial charge in [-0.1, -0.05) is 20.4 Å². The third-order valence-electron chi connectivity index (χ3n) is 5.72. The number of hydrogen-bond donors (Lipinski definition) is 2. The van der Waals surface area contributed by atoms with Gasteiger partial charge in [-0.3, -0.25) is 9.59 Å². The van der Waals surface area contributed by atoms with Crippen LogP contribution >= 0.6 is 23.1 Å². The molecule has 0 radical (unpaired) electrons. The maximum Gasteiger partial charge on any atom is 0.334 e. The molecular weight excluding hydrogens is 464 g/mol. The molecule has 2 N–H and O–H groups in total. The van der Waals surface area contributed by atoms with Gasteiger partial charge in [0, 0.05) is 7.11 Å². The highest BCUT2D eigenvalue weighted by atomic mass is 32.2. The predicted molar refractivity (Wildman–Crippen MR) is 127 cm³/mol. The number of rotatable bonds is 9. The van der Waals surface area contributed by atoms with Crippen molar-refractivity contribution in [2.45, 2.75) is 63.0 Å². The molecular formula is C23H30N2O6S2. The minimum absolute atomic E-state index is 0.103. The number of thiophene rings is 1. The monoisotopic (exact) mass is 494 g/mol. The molecule has 2 aliphatic rings. The number of carbonyl (C=O) groups excluding carboxylic acids is 3. The first-order chi connectivity index (χ1) is 15.5. The van der Waals surface area contributed by atoms with E-state index in [1.165, 1.54) is 41.2 Å². The minimum Gasteiger partial charge on any atom is -0.454 e. The maximum absolute atomic E-state index is 13.4. The summed E-state index contributed by atoms with van der Waals surface area (Å²) in [5, 5.41) is 18.2. The quantitative estimate of drug-likeness (QED) is 0.235. The molecule has 1 saturated heterocycles. The summed E-state index contributed by atoms with van der Waals surface area (Å²) in [5.74, 6) is -1.81. The Morgan fingerprint density at radius 2 is 2.12 bits per heavy atom. The summed E-state index contributed by atoms with van der Waals surface area (Å²) in [5.41, 5.74) is -1.38. The number of nitrogens with zero attached hydrogens (tertiary/aromatic N) is 1. The zero-order valence-electron chi connectivity index (χ0n) is 19.4. The van der Waals surface area contributed by atoms with Crippen LogP contribution in [-0.2, 0) is 30.3 Å². The largest absolute Gasteiger partial charge is 0.454 e. The van der Waals surface area contributed by atoms with Crippen LogP contribution < -0.4 is 5.32 Å². The van der Waals surface area contributed by atoms with Crippen LogP contribution in [0.4, 0.5) is 0 Å². The van der Waals surface area contributed by atoms with Gasteiger partial charge in [0.05, 0.1) is 12.5 Å². The van der Waals surface area contributed by atoms with Crippen molar-refractivity contribution >= 4 is 40.9 Å². The standard InChI is InChI=1S/C23H30N2O6S2/c1-7-22(4,5)31-19(28)17-15(18(27)13(2)3)12-33-21-23(30-6,20(29)25(17)21)24-16(26)10-14-8-9-32-11-14/h7-9,11-13,17-18,21,27H,1,10H2,2-6H3,(H,24,26)/t17?,18?,21-,23?/m0/s1. The highest BCUT2D eigenvalue weighted by Crippen LogP contribution is 2.47. The predicted octanol–water partition coefficient (Wildman–Crippen LogP) is 2.44. The first-order valence-corrected chi connectivity index (χ1v) is 12.5. The summed E-state index contributed by atoms with van der Waals surface area (Å²) in [6.07, 6.45) is 0.636. The van der Waals surface area contributed by atoms with Gasteiger partial charge in [-0.15, -0.1) is 11.8 Å². The summed E-state index contributed by atoms with van der Waals surface area (Å²) in [6.45, 7) is 10.7. The summed E-state index contributed by atoms with van der Waals surface area (Å²) in [7, 11) is 1.34. The molecule has 0 aliphatic carbocycles. The Hall–Kier alpha value is -2.14. The normalized spacial score (nSPS) is 25.6. The van der Waals surface area contributed by atoms with E-state index in [4.69, 9.17) is 9.47 Å². The lowest BCUT2D eigenvalue weighted by atomic mass is 9.88. The van der Waals surface area contributed by atoms with E-state index in [0.29, 0.717) is 5.57 Å². The van der Waals surface area contributed by atoms with Crippen molar-refractivity contribution in [1.82, 2.24) is 10.2 Å². The van der Waals surface area contributed by atoms with Crippen LogP contribution in [0.1, 0.15) is 33.3 Å². The molecule has 1 fully saturated rings. The van der Waals surface area contributed by atoms with Gasteiger partial charge in [0.25, 0.3) is 11.6 Å². The lowest BCUT2D eigenvalue weighted by Gasteiger charge is -2.58. The highest BCUT2D eigenvalue weighted by molar-refractivity contribution is 8.03. The Labute approximate surface area is 202 Å². The van der Waals surface area contributed by atoms with Gasteiger partial charge in [-0.2, -0.15) is 11.3 Å². The van der Waals surface area contributed by atoms with Crippen LogP contribution in [-0.4, -0.2) is 63.7 Å². The number of aliphatic hydroxyl groups is 1. The number of esters is 1. The van der Waals surface area contributed by atoms with E-state index in [9.17, 15) is 19.5 Å². The molecule has 3 heterocycles. The molecule has 180 valence electrons. The first kappa shape index (κ1) is 25.5. The van der Waals surface area contributed by atoms with Crippen molar-refractivity contribution in [3.8, 4) is 0 Å². The zero-order chi connectivity index (χ0) is 24.6. The Kier molecular flexibility index (Phi) is 7.42. The zero-order valence-corrected chi connectivity index (χ0v) is 21.0. The van der Waals surface area contributed by atoms with Crippen molar-refractivity contribution in [2.75, 3.05) is 7.11 Å². The Morgan fingerprint density at radius 1 is 1.42 bits per heavy atom. The molecule has 1 aromatic rings. The molecule has 10 heteroatoms. The second-order valence-corrected chi connectivity index (χ2v) is 10.7. The smallest absolute Gasteiger partial charge is 0.334 e. The average Bonchev–Trinajstić information content (AvgIpc) is 3.28. The van der Waals surface area contributed by atoms with Crippen molar-refractivity contribution < 1.29 is 29.0 Å². The molecule has 0 bridgehead atoms. The van der Waals surface area contributed by atoms with Crippen LogP contribution in [0.3, 0.4) is 0 Å². The number of thioether (sulfide) groups is 1. The van der Waals surface area contributed by atoms with Crippen LogP contribution in [0.5, 0.6) is 0 Å². The van der Waals surface area contributed by atoms with Gasteiger partial charge < -0.3 is 24.8 Å². The van der Waals surface area contributed by atoms with Gasteiger partial charge in [-0.05, 0) is 59.2 Å². The van der Waals surface area contributed by atoms with E-state index >= 15 is 0 Å². The molecule has 0 saturated carbocycles. The fourth-order valence-corrected chi connectivity index (χ4v) is 5.74. The van der Waals surface area contributed by atoms with Crippen molar-refractivity contribution in [3.63, 3.8) is 0 Å². The van der Waals surface area contributed by atoms with Crippen LogP contribution in [0.2, 0.25) is 0 Å². The minimum atomic E-state index is -1.62. The second kappa shape index (κ2) is 9.61. The summed E-state index contributed by atoms with van der Waals surface area (Å²) >= 11 is 2.69.